The first-order valence-electron chi connectivity index (χ1n) is 7.87. The summed E-state index contributed by atoms with van der Waals surface area (Å²) in [4.78, 5) is 14.1. The van der Waals surface area contributed by atoms with E-state index in [1.165, 1.54) is 26.4 Å². The van der Waals surface area contributed by atoms with Gasteiger partial charge in [0.05, 0.1) is 24.9 Å². The summed E-state index contributed by atoms with van der Waals surface area (Å²) >= 11 is 0. The SMILES string of the molecule is COc1ccc(S(=O)(=O)CCC(=O)N2CCCC2CN)cc1OC.Cl. The summed E-state index contributed by atoms with van der Waals surface area (Å²) in [5.74, 6) is 0.393. The summed E-state index contributed by atoms with van der Waals surface area (Å²) in [6, 6.07) is 4.44. The van der Waals surface area contributed by atoms with Crippen molar-refractivity contribution in [3.05, 3.63) is 18.2 Å². The minimum Gasteiger partial charge on any atom is -0.493 e. The molecular weight excluding hydrogens is 368 g/mol. The molecule has 0 bridgehead atoms. The summed E-state index contributed by atoms with van der Waals surface area (Å²) < 4.78 is 35.2. The third-order valence-corrected chi connectivity index (χ3v) is 5.98. The summed E-state index contributed by atoms with van der Waals surface area (Å²) in [6.45, 7) is 1.06. The molecule has 9 heteroatoms. The number of sulfone groups is 1. The Morgan fingerprint density at radius 2 is 1.96 bits per heavy atom. The molecule has 0 aromatic heterocycles. The van der Waals surface area contributed by atoms with Gasteiger partial charge in [-0.25, -0.2) is 8.42 Å². The Kier molecular flexibility index (Phi) is 7.98. The Morgan fingerprint density at radius 3 is 2.56 bits per heavy atom. The lowest BCUT2D eigenvalue weighted by Gasteiger charge is -2.23. The zero-order valence-corrected chi connectivity index (χ0v) is 16.1. The van der Waals surface area contributed by atoms with Crippen LogP contribution in [0.3, 0.4) is 0 Å². The first-order chi connectivity index (χ1) is 11.4. The van der Waals surface area contributed by atoms with Crippen LogP contribution in [0.15, 0.2) is 23.1 Å². The van der Waals surface area contributed by atoms with Crippen molar-refractivity contribution in [3.63, 3.8) is 0 Å². The molecule has 2 N–H and O–H groups in total. The molecule has 0 aliphatic carbocycles. The van der Waals surface area contributed by atoms with Gasteiger partial charge in [-0.3, -0.25) is 4.79 Å². The van der Waals surface area contributed by atoms with Crippen LogP contribution in [-0.4, -0.2) is 58.3 Å². The van der Waals surface area contributed by atoms with Crippen LogP contribution in [0.2, 0.25) is 0 Å². The van der Waals surface area contributed by atoms with Crippen LogP contribution in [0.4, 0.5) is 0 Å². The number of ether oxygens (including phenoxy) is 2. The molecule has 1 aliphatic rings. The Bertz CT molecular complexity index is 696. The maximum Gasteiger partial charge on any atom is 0.223 e. The van der Waals surface area contributed by atoms with Crippen LogP contribution in [-0.2, 0) is 14.6 Å². The smallest absolute Gasteiger partial charge is 0.223 e. The van der Waals surface area contributed by atoms with Gasteiger partial charge in [-0.1, -0.05) is 0 Å². The minimum atomic E-state index is -3.58. The van der Waals surface area contributed by atoms with E-state index in [2.05, 4.69) is 0 Å². The fourth-order valence-corrected chi connectivity index (χ4v) is 4.14. The molecule has 2 rings (SSSR count). The van der Waals surface area contributed by atoms with E-state index in [1.807, 2.05) is 0 Å². The molecule has 25 heavy (non-hydrogen) atoms. The molecule has 0 saturated carbocycles. The predicted octanol–water partition coefficient (Wildman–Crippen LogP) is 1.24. The van der Waals surface area contributed by atoms with Gasteiger partial charge in [0.25, 0.3) is 0 Å². The van der Waals surface area contributed by atoms with Crippen LogP contribution in [0.5, 0.6) is 11.5 Å². The van der Waals surface area contributed by atoms with Crippen molar-refractivity contribution < 1.29 is 22.7 Å². The quantitative estimate of drug-likeness (QED) is 0.749. The highest BCUT2D eigenvalue weighted by molar-refractivity contribution is 7.91. The van der Waals surface area contributed by atoms with Crippen molar-refractivity contribution in [2.75, 3.05) is 33.1 Å². The molecule has 1 aliphatic heterocycles. The number of nitrogens with zero attached hydrogens (tertiary/aromatic N) is 1. The molecule has 1 unspecified atom stereocenters. The van der Waals surface area contributed by atoms with Crippen LogP contribution in [0, 0.1) is 0 Å². The van der Waals surface area contributed by atoms with Gasteiger partial charge in [-0.15, -0.1) is 12.4 Å². The van der Waals surface area contributed by atoms with Gasteiger partial charge in [-0.05, 0) is 25.0 Å². The first kappa shape index (κ1) is 21.5. The number of carbonyl (C=O) groups is 1. The van der Waals surface area contributed by atoms with Gasteiger partial charge in [0.2, 0.25) is 5.91 Å². The number of hydrogen-bond acceptors (Lipinski definition) is 6. The van der Waals surface area contributed by atoms with Gasteiger partial charge in [-0.2, -0.15) is 0 Å². The minimum absolute atomic E-state index is 0. The second-order valence-corrected chi connectivity index (χ2v) is 7.81. The van der Waals surface area contributed by atoms with Crippen molar-refractivity contribution in [2.24, 2.45) is 5.73 Å². The molecule has 142 valence electrons. The van der Waals surface area contributed by atoms with Gasteiger partial charge < -0.3 is 20.1 Å². The number of hydrogen-bond donors (Lipinski definition) is 1. The predicted molar refractivity (Wildman–Crippen MR) is 97.3 cm³/mol. The average molecular weight is 393 g/mol. The third kappa shape index (κ3) is 4.99. The highest BCUT2D eigenvalue weighted by Crippen LogP contribution is 2.30. The second-order valence-electron chi connectivity index (χ2n) is 5.70. The maximum atomic E-state index is 12.5. The van der Waals surface area contributed by atoms with Crippen molar-refractivity contribution in [1.82, 2.24) is 4.90 Å². The van der Waals surface area contributed by atoms with E-state index in [9.17, 15) is 13.2 Å². The normalized spacial score (nSPS) is 17.1. The highest BCUT2D eigenvalue weighted by Gasteiger charge is 2.28. The Balaban J connectivity index is 0.00000312. The van der Waals surface area contributed by atoms with Crippen LogP contribution in [0.25, 0.3) is 0 Å². The zero-order chi connectivity index (χ0) is 17.7. The van der Waals surface area contributed by atoms with Gasteiger partial charge >= 0.3 is 0 Å². The van der Waals surface area contributed by atoms with E-state index in [4.69, 9.17) is 15.2 Å². The van der Waals surface area contributed by atoms with E-state index in [1.54, 1.807) is 11.0 Å². The lowest BCUT2D eigenvalue weighted by atomic mass is 10.2. The van der Waals surface area contributed by atoms with Crippen LogP contribution >= 0.6 is 12.4 Å². The van der Waals surface area contributed by atoms with E-state index in [0.29, 0.717) is 24.6 Å². The molecule has 0 radical (unpaired) electrons. The average Bonchev–Trinajstić information content (AvgIpc) is 3.07. The lowest BCUT2D eigenvalue weighted by Crippen LogP contribution is -2.40. The van der Waals surface area contributed by atoms with Crippen molar-refractivity contribution >= 4 is 28.2 Å². The lowest BCUT2D eigenvalue weighted by molar-refractivity contribution is -0.131. The molecule has 1 saturated heterocycles. The van der Waals surface area contributed by atoms with E-state index in [-0.39, 0.29) is 41.4 Å². The maximum absolute atomic E-state index is 12.5. The van der Waals surface area contributed by atoms with Gasteiger partial charge in [0.1, 0.15) is 0 Å². The van der Waals surface area contributed by atoms with Gasteiger partial charge in [0, 0.05) is 31.6 Å². The first-order valence-corrected chi connectivity index (χ1v) is 9.52. The zero-order valence-electron chi connectivity index (χ0n) is 14.4. The molecule has 1 amide bonds. The molecular formula is C16H25ClN2O5S. The summed E-state index contributed by atoms with van der Waals surface area (Å²) in [5, 5.41) is 0. The Hall–Kier alpha value is -1.51. The molecule has 1 aromatic carbocycles. The summed E-state index contributed by atoms with van der Waals surface area (Å²) in [5.41, 5.74) is 5.66. The number of benzene rings is 1. The van der Waals surface area contributed by atoms with E-state index < -0.39 is 9.84 Å². The Morgan fingerprint density at radius 1 is 1.28 bits per heavy atom. The molecule has 7 nitrogen and oxygen atoms in total. The molecule has 1 fully saturated rings. The number of halogens is 1. The Labute approximate surface area is 154 Å². The fraction of sp³-hybridized carbons (Fsp3) is 0.562. The van der Waals surface area contributed by atoms with Crippen molar-refractivity contribution in [1.29, 1.82) is 0 Å². The van der Waals surface area contributed by atoms with E-state index in [0.717, 1.165) is 12.8 Å². The number of rotatable bonds is 7. The standard InChI is InChI=1S/C16H24N2O5S.ClH/c1-22-14-6-5-13(10-15(14)23-2)24(20,21)9-7-16(19)18-8-3-4-12(18)11-17;/h5-6,10,12H,3-4,7-9,11,17H2,1-2H3;1H. The molecule has 0 spiro atoms. The molecule has 1 atom stereocenters. The number of amides is 1. The largest absolute Gasteiger partial charge is 0.493 e. The molecule has 1 heterocycles. The van der Waals surface area contributed by atoms with Crippen LogP contribution in [0.1, 0.15) is 19.3 Å². The van der Waals surface area contributed by atoms with Gasteiger partial charge in [0.15, 0.2) is 21.3 Å². The second kappa shape index (κ2) is 9.26. The van der Waals surface area contributed by atoms with Crippen LogP contribution < -0.4 is 15.2 Å². The fourth-order valence-electron chi connectivity index (χ4n) is 2.90. The number of likely N-dealkylation sites (tertiary alicyclic amines) is 1. The monoisotopic (exact) mass is 392 g/mol. The number of carbonyl (C=O) groups excluding carboxylic acids is 1. The third-order valence-electron chi connectivity index (χ3n) is 4.27. The topological polar surface area (TPSA) is 98.9 Å². The van der Waals surface area contributed by atoms with Crippen molar-refractivity contribution in [3.8, 4) is 11.5 Å². The number of nitrogens with two attached hydrogens (primary N) is 1. The number of methoxy groups -OCH3 is 2. The summed E-state index contributed by atoms with van der Waals surface area (Å²) in [7, 11) is -0.658. The molecule has 1 aromatic rings. The van der Waals surface area contributed by atoms with E-state index >= 15 is 0 Å². The van der Waals surface area contributed by atoms with Crippen molar-refractivity contribution in [2.45, 2.75) is 30.2 Å². The summed E-state index contributed by atoms with van der Waals surface area (Å²) in [6.07, 6.45) is 1.74. The highest BCUT2D eigenvalue weighted by atomic mass is 35.5.